The molecule has 2 N–H and O–H groups in total. The topological polar surface area (TPSA) is 101 Å². The van der Waals surface area contributed by atoms with Gasteiger partial charge < -0.3 is 9.84 Å². The summed E-state index contributed by atoms with van der Waals surface area (Å²) < 4.78 is 35.4. The van der Waals surface area contributed by atoms with E-state index in [1.54, 1.807) is 0 Å². The lowest BCUT2D eigenvalue weighted by atomic mass is 10.1. The highest BCUT2D eigenvalue weighted by molar-refractivity contribution is 7.86. The fourth-order valence-electron chi connectivity index (χ4n) is 1.81. The van der Waals surface area contributed by atoms with Crippen LogP contribution in [0.3, 0.4) is 0 Å². The van der Waals surface area contributed by atoms with Crippen LogP contribution in [0.4, 0.5) is 0 Å². The summed E-state index contributed by atoms with van der Waals surface area (Å²) in [5.74, 6) is -0.732. The predicted molar refractivity (Wildman–Crippen MR) is 64.3 cm³/mol. The number of rotatable bonds is 8. The van der Waals surface area contributed by atoms with Gasteiger partial charge in [-0.3, -0.25) is 9.35 Å². The van der Waals surface area contributed by atoms with Gasteiger partial charge in [0, 0.05) is 0 Å². The molecule has 1 aliphatic carbocycles. The van der Waals surface area contributed by atoms with Gasteiger partial charge in [-0.25, -0.2) is 0 Å². The van der Waals surface area contributed by atoms with Crippen LogP contribution in [-0.2, 0) is 19.6 Å². The first-order chi connectivity index (χ1) is 8.34. The van der Waals surface area contributed by atoms with Crippen molar-refractivity contribution in [3.63, 3.8) is 0 Å². The number of aliphatic hydroxyl groups is 1. The highest BCUT2D eigenvalue weighted by Crippen LogP contribution is 2.51. The molecule has 7 heteroatoms. The van der Waals surface area contributed by atoms with E-state index >= 15 is 0 Å². The van der Waals surface area contributed by atoms with E-state index in [2.05, 4.69) is 6.92 Å². The summed E-state index contributed by atoms with van der Waals surface area (Å²) in [4.78, 5) is 11.7. The van der Waals surface area contributed by atoms with E-state index in [4.69, 9.17) is 9.29 Å². The van der Waals surface area contributed by atoms with Crippen molar-refractivity contribution in [3.05, 3.63) is 0 Å². The van der Waals surface area contributed by atoms with Crippen LogP contribution in [0.25, 0.3) is 0 Å². The molecule has 1 atom stereocenters. The van der Waals surface area contributed by atoms with Crippen LogP contribution in [0.1, 0.15) is 45.4 Å². The predicted octanol–water partition coefficient (Wildman–Crippen LogP) is 1.10. The number of hydrogen-bond donors (Lipinski definition) is 2. The summed E-state index contributed by atoms with van der Waals surface area (Å²) in [5.41, 5.74) is -3.52. The van der Waals surface area contributed by atoms with Crippen LogP contribution in [0, 0.1) is 5.41 Å². The number of ether oxygens (including phenoxy) is 1. The van der Waals surface area contributed by atoms with E-state index < -0.39 is 26.9 Å². The van der Waals surface area contributed by atoms with E-state index in [-0.39, 0.29) is 19.4 Å². The first kappa shape index (κ1) is 15.4. The smallest absolute Gasteiger partial charge is 0.315 e. The lowest BCUT2D eigenvalue weighted by Crippen LogP contribution is -2.37. The highest BCUT2D eigenvalue weighted by Gasteiger charge is 2.61. The summed E-state index contributed by atoms with van der Waals surface area (Å²) in [6.45, 7) is 2.28. The van der Waals surface area contributed by atoms with Gasteiger partial charge in [0.1, 0.15) is 5.41 Å². The fourth-order valence-corrected chi connectivity index (χ4v) is 2.71. The Kier molecular flexibility index (Phi) is 5.12. The lowest BCUT2D eigenvalue weighted by molar-refractivity contribution is -0.153. The first-order valence-electron chi connectivity index (χ1n) is 6.16. The van der Waals surface area contributed by atoms with Gasteiger partial charge in [-0.2, -0.15) is 8.42 Å². The Bertz CT molecular complexity index is 384. The number of aliphatic hydroxyl groups excluding tert-OH is 1. The Morgan fingerprint density at radius 3 is 2.39 bits per heavy atom. The molecule has 18 heavy (non-hydrogen) atoms. The molecule has 0 radical (unpaired) electrons. The average Bonchev–Trinajstić information content (AvgIpc) is 3.07. The normalized spacial score (nSPS) is 19.3. The van der Waals surface area contributed by atoms with Crippen molar-refractivity contribution in [1.29, 1.82) is 0 Å². The van der Waals surface area contributed by atoms with E-state index in [9.17, 15) is 18.3 Å². The number of carbonyl (C=O) groups excluding carboxylic acids is 1. The Hall–Kier alpha value is -0.660. The van der Waals surface area contributed by atoms with E-state index in [1.807, 2.05) is 0 Å². The maximum Gasteiger partial charge on any atom is 0.315 e. The summed E-state index contributed by atoms with van der Waals surface area (Å²) in [5, 5.41) is 9.45. The van der Waals surface area contributed by atoms with E-state index in [0.717, 1.165) is 25.7 Å². The molecule has 0 bridgehead atoms. The van der Waals surface area contributed by atoms with Crippen LogP contribution < -0.4 is 0 Å². The van der Waals surface area contributed by atoms with Crippen molar-refractivity contribution in [2.75, 3.05) is 6.61 Å². The summed E-state index contributed by atoms with van der Waals surface area (Å²) >= 11 is 0. The second kappa shape index (κ2) is 5.99. The van der Waals surface area contributed by atoms with Crippen molar-refractivity contribution in [3.8, 4) is 0 Å². The van der Waals surface area contributed by atoms with Gasteiger partial charge in [0.25, 0.3) is 10.1 Å². The minimum absolute atomic E-state index is 0.221. The van der Waals surface area contributed by atoms with Crippen molar-refractivity contribution in [2.45, 2.75) is 50.9 Å². The minimum atomic E-state index is -4.63. The van der Waals surface area contributed by atoms with Gasteiger partial charge in [0.2, 0.25) is 0 Å². The maximum atomic E-state index is 11.7. The monoisotopic (exact) mass is 280 g/mol. The number of unbranched alkanes of at least 4 members (excludes halogenated alkanes) is 3. The molecule has 0 heterocycles. The summed E-state index contributed by atoms with van der Waals surface area (Å²) in [6, 6.07) is 0. The van der Waals surface area contributed by atoms with E-state index in [1.165, 1.54) is 0 Å². The summed E-state index contributed by atoms with van der Waals surface area (Å²) in [6.07, 6.45) is 4.23. The highest BCUT2D eigenvalue weighted by atomic mass is 32.2. The quantitative estimate of drug-likeness (QED) is 0.392. The molecule has 0 aromatic carbocycles. The van der Waals surface area contributed by atoms with Crippen LogP contribution in [-0.4, -0.2) is 36.1 Å². The molecule has 1 saturated carbocycles. The molecule has 0 saturated heterocycles. The second-order valence-corrected chi connectivity index (χ2v) is 6.20. The third-order valence-electron chi connectivity index (χ3n) is 3.18. The third kappa shape index (κ3) is 3.66. The number of carbonyl (C=O) groups is 1. The Morgan fingerprint density at radius 2 is 1.94 bits per heavy atom. The van der Waals surface area contributed by atoms with Gasteiger partial charge in [0.05, 0.1) is 6.61 Å². The third-order valence-corrected chi connectivity index (χ3v) is 4.20. The largest absolute Gasteiger partial charge is 0.465 e. The molecular formula is C11H20O6S. The molecular weight excluding hydrogens is 260 g/mol. The number of hydrogen-bond acceptors (Lipinski definition) is 5. The van der Waals surface area contributed by atoms with Crippen molar-refractivity contribution < 1.29 is 27.6 Å². The molecule has 0 amide bonds. The second-order valence-electron chi connectivity index (χ2n) is 4.72. The zero-order chi connectivity index (χ0) is 13.8. The molecule has 106 valence electrons. The Balaban J connectivity index is 2.42. The van der Waals surface area contributed by atoms with Gasteiger partial charge >= 0.3 is 5.97 Å². The Labute approximate surface area is 107 Å². The SMILES string of the molecule is CCCCCCOC(=O)C1(C(O)S(=O)(=O)O)CC1. The van der Waals surface area contributed by atoms with E-state index in [0.29, 0.717) is 0 Å². The number of esters is 1. The molecule has 0 spiro atoms. The van der Waals surface area contributed by atoms with Crippen molar-refractivity contribution in [1.82, 2.24) is 0 Å². The average molecular weight is 280 g/mol. The summed E-state index contributed by atoms with van der Waals surface area (Å²) in [7, 11) is -4.63. The molecule has 1 fully saturated rings. The minimum Gasteiger partial charge on any atom is -0.465 e. The molecule has 6 nitrogen and oxygen atoms in total. The van der Waals surface area contributed by atoms with Crippen LogP contribution >= 0.6 is 0 Å². The lowest BCUT2D eigenvalue weighted by Gasteiger charge is -2.18. The van der Waals surface area contributed by atoms with Crippen LogP contribution in [0.15, 0.2) is 0 Å². The van der Waals surface area contributed by atoms with Gasteiger partial charge in [-0.15, -0.1) is 0 Å². The molecule has 1 rings (SSSR count). The Morgan fingerprint density at radius 1 is 1.33 bits per heavy atom. The zero-order valence-corrected chi connectivity index (χ0v) is 11.3. The standard InChI is InChI=1S/C11H20O6S/c1-2-3-4-5-8-17-9(12)11(6-7-11)10(13)18(14,15)16/h10,13H,2-8H2,1H3,(H,14,15,16). The first-order valence-corrected chi connectivity index (χ1v) is 7.66. The molecule has 1 aliphatic rings. The molecule has 0 aromatic rings. The molecule has 1 unspecified atom stereocenters. The van der Waals surface area contributed by atoms with Crippen LogP contribution in [0.2, 0.25) is 0 Å². The van der Waals surface area contributed by atoms with Gasteiger partial charge in [-0.05, 0) is 19.3 Å². The maximum absolute atomic E-state index is 11.7. The molecule has 0 aliphatic heterocycles. The van der Waals surface area contributed by atoms with Gasteiger partial charge in [-0.1, -0.05) is 26.2 Å². The van der Waals surface area contributed by atoms with Crippen molar-refractivity contribution in [2.24, 2.45) is 5.41 Å². The van der Waals surface area contributed by atoms with Crippen molar-refractivity contribution >= 4 is 16.1 Å². The van der Waals surface area contributed by atoms with Crippen LogP contribution in [0.5, 0.6) is 0 Å². The molecule has 0 aromatic heterocycles. The zero-order valence-electron chi connectivity index (χ0n) is 10.5. The fraction of sp³-hybridized carbons (Fsp3) is 0.909. The van der Waals surface area contributed by atoms with Gasteiger partial charge in [0.15, 0.2) is 5.44 Å².